The fourth-order valence-electron chi connectivity index (χ4n) is 2.11. The van der Waals surface area contributed by atoms with Crippen molar-refractivity contribution in [2.45, 2.75) is 11.8 Å². The number of hydrogen-bond acceptors (Lipinski definition) is 4. The number of thiol groups is 1. The summed E-state index contributed by atoms with van der Waals surface area (Å²) in [5.74, 6) is -0.413. The first kappa shape index (κ1) is 14.0. The first-order valence-corrected chi connectivity index (χ1v) is 7.52. The molecule has 21 heavy (non-hydrogen) atoms. The monoisotopic (exact) mass is 318 g/mol. The molecule has 3 aromatic rings. The lowest BCUT2D eigenvalue weighted by Crippen LogP contribution is -2.13. The summed E-state index contributed by atoms with van der Waals surface area (Å²) < 4.78 is 15.3. The van der Waals surface area contributed by atoms with E-state index in [9.17, 15) is 9.18 Å². The first-order valence-electron chi connectivity index (χ1n) is 6.19. The second-order valence-corrected chi connectivity index (χ2v) is 5.80. The molecule has 0 fully saturated rings. The molecule has 3 nitrogen and oxygen atoms in total. The van der Waals surface area contributed by atoms with Gasteiger partial charge in [-0.3, -0.25) is 14.3 Å². The quantitative estimate of drug-likeness (QED) is 0.731. The summed E-state index contributed by atoms with van der Waals surface area (Å²) >= 11 is 5.10. The predicted molar refractivity (Wildman–Crippen MR) is 85.1 cm³/mol. The molecule has 0 radical (unpaired) electrons. The molecule has 1 aromatic carbocycles. The van der Waals surface area contributed by atoms with E-state index in [0.717, 1.165) is 17.0 Å². The molecule has 0 spiro atoms. The number of hydrogen-bond donors (Lipinski definition) is 1. The molecule has 0 unspecified atom stereocenters. The molecular weight excluding hydrogens is 307 g/mol. The van der Waals surface area contributed by atoms with Crippen molar-refractivity contribution in [3.05, 3.63) is 63.1 Å². The summed E-state index contributed by atoms with van der Waals surface area (Å²) in [6, 6.07) is 8.30. The van der Waals surface area contributed by atoms with Gasteiger partial charge in [0.05, 0.1) is 17.1 Å². The number of aromatic nitrogens is 2. The van der Waals surface area contributed by atoms with Crippen LogP contribution < -0.4 is 4.87 Å². The molecule has 0 N–H and O–H groups in total. The highest BCUT2D eigenvalue weighted by Gasteiger charge is 2.14. The van der Waals surface area contributed by atoms with Gasteiger partial charge in [0, 0.05) is 22.0 Å². The van der Waals surface area contributed by atoms with Crippen LogP contribution >= 0.6 is 24.0 Å². The SMILES string of the molecule is Cc1ncccc1-n1c(-c2ccc(S)c(F)c2)csc1=O. The van der Waals surface area contributed by atoms with Gasteiger partial charge < -0.3 is 0 Å². The van der Waals surface area contributed by atoms with Crippen molar-refractivity contribution in [3.8, 4) is 16.9 Å². The summed E-state index contributed by atoms with van der Waals surface area (Å²) in [5.41, 5.74) is 2.72. The predicted octanol–water partition coefficient (Wildman–Crippen LogP) is 3.70. The Morgan fingerprint density at radius 2 is 2.14 bits per heavy atom. The van der Waals surface area contributed by atoms with E-state index in [1.165, 1.54) is 6.07 Å². The molecule has 0 aliphatic rings. The van der Waals surface area contributed by atoms with E-state index in [4.69, 9.17) is 0 Å². The van der Waals surface area contributed by atoms with Crippen molar-refractivity contribution in [2.24, 2.45) is 0 Å². The van der Waals surface area contributed by atoms with Crippen molar-refractivity contribution in [3.63, 3.8) is 0 Å². The van der Waals surface area contributed by atoms with Crippen LogP contribution in [-0.2, 0) is 0 Å². The highest BCUT2D eigenvalue weighted by Crippen LogP contribution is 2.26. The number of benzene rings is 1. The van der Waals surface area contributed by atoms with E-state index >= 15 is 0 Å². The standard InChI is InChI=1S/C15H11FN2OS2/c1-9-12(3-2-6-17-9)18-13(8-21-15(18)19)10-4-5-14(20)11(16)7-10/h2-8,20H,1H3. The summed E-state index contributed by atoms with van der Waals surface area (Å²) in [6.07, 6.45) is 1.67. The second kappa shape index (κ2) is 5.46. The van der Waals surface area contributed by atoms with Crippen LogP contribution in [0.25, 0.3) is 16.9 Å². The minimum Gasteiger partial charge on any atom is -0.265 e. The Morgan fingerprint density at radius 3 is 2.86 bits per heavy atom. The minimum atomic E-state index is -0.413. The van der Waals surface area contributed by atoms with E-state index in [-0.39, 0.29) is 9.77 Å². The molecule has 106 valence electrons. The topological polar surface area (TPSA) is 34.9 Å². The van der Waals surface area contributed by atoms with Crippen molar-refractivity contribution in [2.75, 3.05) is 0 Å². The van der Waals surface area contributed by atoms with E-state index in [0.29, 0.717) is 16.9 Å². The van der Waals surface area contributed by atoms with Crippen LogP contribution in [0.3, 0.4) is 0 Å². The number of pyridine rings is 1. The molecule has 0 atom stereocenters. The third kappa shape index (κ3) is 2.52. The Bertz CT molecular complexity index is 870. The first-order chi connectivity index (χ1) is 10.1. The smallest absolute Gasteiger partial charge is 0.265 e. The molecule has 0 bridgehead atoms. The fourth-order valence-corrected chi connectivity index (χ4v) is 3.01. The number of rotatable bonds is 2. The van der Waals surface area contributed by atoms with Crippen molar-refractivity contribution < 1.29 is 4.39 Å². The van der Waals surface area contributed by atoms with Crippen LogP contribution in [0.5, 0.6) is 0 Å². The number of nitrogens with zero attached hydrogens (tertiary/aromatic N) is 2. The maximum absolute atomic E-state index is 13.7. The van der Waals surface area contributed by atoms with E-state index in [1.54, 1.807) is 34.3 Å². The van der Waals surface area contributed by atoms with Gasteiger partial charge in [-0.2, -0.15) is 0 Å². The minimum absolute atomic E-state index is 0.128. The van der Waals surface area contributed by atoms with Crippen LogP contribution in [0.2, 0.25) is 0 Å². The normalized spacial score (nSPS) is 10.8. The molecule has 2 aromatic heterocycles. The Morgan fingerprint density at radius 1 is 1.33 bits per heavy atom. The van der Waals surface area contributed by atoms with Gasteiger partial charge in [-0.25, -0.2) is 4.39 Å². The van der Waals surface area contributed by atoms with Crippen LogP contribution in [-0.4, -0.2) is 9.55 Å². The van der Waals surface area contributed by atoms with Crippen LogP contribution in [0.1, 0.15) is 5.69 Å². The molecule has 6 heteroatoms. The van der Waals surface area contributed by atoms with Gasteiger partial charge in [0.25, 0.3) is 0 Å². The lowest BCUT2D eigenvalue weighted by molar-refractivity contribution is 0.603. The lowest BCUT2D eigenvalue weighted by Gasteiger charge is -2.10. The second-order valence-electron chi connectivity index (χ2n) is 4.50. The Kier molecular flexibility index (Phi) is 3.65. The zero-order valence-corrected chi connectivity index (χ0v) is 12.8. The molecule has 0 aliphatic heterocycles. The van der Waals surface area contributed by atoms with Crippen molar-refractivity contribution in [1.82, 2.24) is 9.55 Å². The van der Waals surface area contributed by atoms with Crippen LogP contribution in [0.15, 0.2) is 51.6 Å². The summed E-state index contributed by atoms with van der Waals surface area (Å²) in [4.78, 5) is 16.5. The third-order valence-corrected chi connectivity index (χ3v) is 4.25. The zero-order chi connectivity index (χ0) is 15.0. The van der Waals surface area contributed by atoms with Gasteiger partial charge in [0.1, 0.15) is 5.82 Å². The highest BCUT2D eigenvalue weighted by atomic mass is 32.1. The van der Waals surface area contributed by atoms with E-state index in [1.807, 2.05) is 13.0 Å². The molecule has 3 rings (SSSR count). The number of aryl methyl sites for hydroxylation is 1. The highest BCUT2D eigenvalue weighted by molar-refractivity contribution is 7.80. The van der Waals surface area contributed by atoms with Gasteiger partial charge in [0.15, 0.2) is 0 Å². The Balaban J connectivity index is 2.24. The largest absolute Gasteiger partial charge is 0.312 e. The van der Waals surface area contributed by atoms with Gasteiger partial charge in [-0.05, 0) is 31.2 Å². The van der Waals surface area contributed by atoms with Gasteiger partial charge >= 0.3 is 4.87 Å². The third-order valence-electron chi connectivity index (χ3n) is 3.16. The Hall–Kier alpha value is -1.92. The average Bonchev–Trinajstić information content (AvgIpc) is 2.84. The zero-order valence-electron chi connectivity index (χ0n) is 11.1. The number of thiazole rings is 1. The van der Waals surface area contributed by atoms with Crippen LogP contribution in [0.4, 0.5) is 4.39 Å². The van der Waals surface area contributed by atoms with Gasteiger partial charge in [0.2, 0.25) is 0 Å². The molecule has 2 heterocycles. The molecule has 0 amide bonds. The van der Waals surface area contributed by atoms with Gasteiger partial charge in [-0.15, -0.1) is 12.6 Å². The molecule has 0 saturated carbocycles. The summed E-state index contributed by atoms with van der Waals surface area (Å²) in [7, 11) is 0. The lowest BCUT2D eigenvalue weighted by atomic mass is 10.1. The van der Waals surface area contributed by atoms with E-state index in [2.05, 4.69) is 17.6 Å². The average molecular weight is 318 g/mol. The van der Waals surface area contributed by atoms with Crippen molar-refractivity contribution in [1.29, 1.82) is 0 Å². The summed E-state index contributed by atoms with van der Waals surface area (Å²) in [6.45, 7) is 1.83. The summed E-state index contributed by atoms with van der Waals surface area (Å²) in [5, 5.41) is 1.72. The fraction of sp³-hybridized carbons (Fsp3) is 0.0667. The van der Waals surface area contributed by atoms with E-state index < -0.39 is 5.82 Å². The molecular formula is C15H11FN2OS2. The Labute approximate surface area is 130 Å². The number of halogens is 1. The maximum atomic E-state index is 13.7. The maximum Gasteiger partial charge on any atom is 0.312 e. The molecule has 0 aliphatic carbocycles. The molecule has 0 saturated heterocycles. The van der Waals surface area contributed by atoms with Crippen molar-refractivity contribution >= 4 is 24.0 Å². The van der Waals surface area contributed by atoms with Crippen LogP contribution in [0, 0.1) is 12.7 Å². The van der Waals surface area contributed by atoms with Gasteiger partial charge in [-0.1, -0.05) is 17.4 Å².